The molecule has 2 N–H and O–H groups in total. The van der Waals surface area contributed by atoms with E-state index in [1.165, 1.54) is 43.6 Å². The molecule has 1 aromatic heterocycles. The Balaban J connectivity index is 1.88. The van der Waals surface area contributed by atoms with Crippen LogP contribution in [0.5, 0.6) is 23.1 Å². The predicted molar refractivity (Wildman–Crippen MR) is 140 cm³/mol. The van der Waals surface area contributed by atoms with Gasteiger partial charge in [0.15, 0.2) is 11.5 Å². The van der Waals surface area contributed by atoms with Crippen LogP contribution >= 0.6 is 0 Å². The summed E-state index contributed by atoms with van der Waals surface area (Å²) >= 11 is 0. The van der Waals surface area contributed by atoms with E-state index in [-0.39, 0.29) is 29.5 Å². The highest BCUT2D eigenvalue weighted by Gasteiger charge is 2.24. The number of nitrogens with zero attached hydrogens (tertiary/aromatic N) is 5. The van der Waals surface area contributed by atoms with E-state index >= 15 is 0 Å². The number of amides is 2. The number of nitro groups is 1. The number of methoxy groups -OCH3 is 2. The van der Waals surface area contributed by atoms with Crippen LogP contribution in [-0.4, -0.2) is 66.2 Å². The lowest BCUT2D eigenvalue weighted by Gasteiger charge is -2.22. The molecule has 0 saturated heterocycles. The fraction of sp³-hybridized carbons (Fsp3) is 0.400. The SMILES string of the molecule is CCN(CC)CCCCN(C(N)=O)c1ccc(Oc2ncnc3cc(OC)c(OC)cc23)cc1[N+](=O)[O-]. The Bertz CT molecular complexity index is 1250. The van der Waals surface area contributed by atoms with Gasteiger partial charge in [-0.25, -0.2) is 14.8 Å². The molecule has 198 valence electrons. The molecule has 0 fully saturated rings. The Morgan fingerprint density at radius 1 is 1.03 bits per heavy atom. The summed E-state index contributed by atoms with van der Waals surface area (Å²) in [6.07, 6.45) is 2.79. The summed E-state index contributed by atoms with van der Waals surface area (Å²) in [5, 5.41) is 12.5. The van der Waals surface area contributed by atoms with E-state index in [1.54, 1.807) is 12.1 Å². The Morgan fingerprint density at radius 2 is 1.70 bits per heavy atom. The van der Waals surface area contributed by atoms with Crippen molar-refractivity contribution in [1.82, 2.24) is 14.9 Å². The van der Waals surface area contributed by atoms with Crippen LogP contribution in [0.25, 0.3) is 10.9 Å². The van der Waals surface area contributed by atoms with E-state index in [1.807, 2.05) is 0 Å². The molecule has 0 unspecified atom stereocenters. The fourth-order valence-electron chi connectivity index (χ4n) is 3.99. The van der Waals surface area contributed by atoms with E-state index in [2.05, 4.69) is 28.7 Å². The Morgan fingerprint density at radius 3 is 2.32 bits per heavy atom. The zero-order valence-electron chi connectivity index (χ0n) is 21.5. The van der Waals surface area contributed by atoms with E-state index in [4.69, 9.17) is 19.9 Å². The third-order valence-corrected chi connectivity index (χ3v) is 6.02. The second-order valence-electron chi connectivity index (χ2n) is 8.14. The summed E-state index contributed by atoms with van der Waals surface area (Å²) in [7, 11) is 3.02. The molecule has 0 saturated carbocycles. The monoisotopic (exact) mass is 512 g/mol. The van der Waals surface area contributed by atoms with E-state index < -0.39 is 11.0 Å². The first-order chi connectivity index (χ1) is 17.8. The fourth-order valence-corrected chi connectivity index (χ4v) is 3.99. The van der Waals surface area contributed by atoms with Gasteiger partial charge in [0.05, 0.1) is 36.1 Å². The maximum Gasteiger partial charge on any atom is 0.319 e. The Kier molecular flexibility index (Phi) is 9.39. The first-order valence-corrected chi connectivity index (χ1v) is 11.9. The summed E-state index contributed by atoms with van der Waals surface area (Å²) in [5.41, 5.74) is 5.93. The van der Waals surface area contributed by atoms with Gasteiger partial charge in [0.1, 0.15) is 17.8 Å². The molecule has 2 aromatic carbocycles. The number of carbonyl (C=O) groups excluding carboxylic acids is 1. The summed E-state index contributed by atoms with van der Waals surface area (Å²) in [6.45, 7) is 7.18. The summed E-state index contributed by atoms with van der Waals surface area (Å²) < 4.78 is 16.6. The molecule has 1 heterocycles. The molecule has 0 bridgehead atoms. The van der Waals surface area contributed by atoms with Crippen molar-refractivity contribution in [2.24, 2.45) is 5.73 Å². The molecule has 0 aliphatic rings. The molecular weight excluding hydrogens is 480 g/mol. The van der Waals surface area contributed by atoms with Gasteiger partial charge in [0.25, 0.3) is 5.69 Å². The van der Waals surface area contributed by atoms with Crippen molar-refractivity contribution >= 4 is 28.3 Å². The lowest BCUT2D eigenvalue weighted by Crippen LogP contribution is -2.37. The number of nitrogens with two attached hydrogens (primary N) is 1. The van der Waals surface area contributed by atoms with Crippen molar-refractivity contribution in [1.29, 1.82) is 0 Å². The second-order valence-corrected chi connectivity index (χ2v) is 8.14. The minimum absolute atomic E-state index is 0.103. The number of fused-ring (bicyclic) bond motifs is 1. The number of ether oxygens (including phenoxy) is 3. The van der Waals surface area contributed by atoms with Gasteiger partial charge in [-0.1, -0.05) is 13.8 Å². The topological polar surface area (TPSA) is 146 Å². The van der Waals surface area contributed by atoms with Crippen molar-refractivity contribution < 1.29 is 23.9 Å². The average Bonchev–Trinajstić information content (AvgIpc) is 2.90. The van der Waals surface area contributed by atoms with Crippen LogP contribution in [-0.2, 0) is 0 Å². The average molecular weight is 513 g/mol. The molecule has 3 rings (SSSR count). The highest BCUT2D eigenvalue weighted by Crippen LogP contribution is 2.38. The lowest BCUT2D eigenvalue weighted by molar-refractivity contribution is -0.384. The number of hydrogen-bond acceptors (Lipinski definition) is 9. The molecule has 12 heteroatoms. The molecule has 0 radical (unpaired) electrons. The standard InChI is InChI=1S/C25H32N6O6/c1-5-29(6-2)11-7-8-12-30(25(26)32)20-10-9-17(13-21(20)31(33)34)37-24-18-14-22(35-3)23(36-4)15-19(18)27-16-28-24/h9-10,13-16H,5-8,11-12H2,1-4H3,(H2,26,32). The quantitative estimate of drug-likeness (QED) is 0.200. The molecule has 37 heavy (non-hydrogen) atoms. The molecular formula is C25H32N6O6. The zero-order chi connectivity index (χ0) is 26.9. The van der Waals surface area contributed by atoms with Gasteiger partial charge in [-0.05, 0) is 50.7 Å². The van der Waals surface area contributed by atoms with Crippen LogP contribution in [0.15, 0.2) is 36.7 Å². The van der Waals surface area contributed by atoms with Gasteiger partial charge in [-0.15, -0.1) is 0 Å². The number of hydrogen-bond donors (Lipinski definition) is 1. The number of anilines is 1. The third kappa shape index (κ3) is 6.53. The number of benzene rings is 2. The number of unbranched alkanes of at least 4 members (excludes halogenated alkanes) is 1. The number of urea groups is 1. The number of nitro benzene ring substituents is 1. The third-order valence-electron chi connectivity index (χ3n) is 6.02. The van der Waals surface area contributed by atoms with Crippen molar-refractivity contribution in [2.75, 3.05) is 45.3 Å². The van der Waals surface area contributed by atoms with Crippen molar-refractivity contribution in [2.45, 2.75) is 26.7 Å². The number of aromatic nitrogens is 2. The number of carbonyl (C=O) groups is 1. The van der Waals surface area contributed by atoms with Crippen molar-refractivity contribution in [3.8, 4) is 23.1 Å². The largest absolute Gasteiger partial charge is 0.493 e. The summed E-state index contributed by atoms with van der Waals surface area (Å²) in [6, 6.07) is 6.81. The van der Waals surface area contributed by atoms with Gasteiger partial charge in [-0.3, -0.25) is 15.0 Å². The van der Waals surface area contributed by atoms with Gasteiger partial charge in [0.2, 0.25) is 5.88 Å². The normalized spacial score (nSPS) is 10.9. The lowest BCUT2D eigenvalue weighted by atomic mass is 10.2. The molecule has 2 amide bonds. The van der Waals surface area contributed by atoms with Crippen molar-refractivity contribution in [3.05, 3.63) is 46.8 Å². The molecule has 0 aliphatic heterocycles. The summed E-state index contributed by atoms with van der Waals surface area (Å²) in [4.78, 5) is 35.5. The number of rotatable bonds is 13. The molecule has 12 nitrogen and oxygen atoms in total. The Hall–Kier alpha value is -4.19. The first kappa shape index (κ1) is 27.4. The van der Waals surface area contributed by atoms with Crippen molar-refractivity contribution in [3.63, 3.8) is 0 Å². The molecule has 0 aliphatic carbocycles. The van der Waals surface area contributed by atoms with E-state index in [0.717, 1.165) is 26.1 Å². The van der Waals surface area contributed by atoms with Crippen LogP contribution in [0, 0.1) is 10.1 Å². The second kappa shape index (κ2) is 12.7. The van der Waals surface area contributed by atoms with Gasteiger partial charge >= 0.3 is 6.03 Å². The number of primary amides is 1. The minimum Gasteiger partial charge on any atom is -0.493 e. The van der Waals surface area contributed by atoms with E-state index in [9.17, 15) is 14.9 Å². The van der Waals surface area contributed by atoms with E-state index in [0.29, 0.717) is 28.8 Å². The van der Waals surface area contributed by atoms with Gasteiger partial charge in [0, 0.05) is 12.6 Å². The maximum atomic E-state index is 12.2. The van der Waals surface area contributed by atoms with Crippen LogP contribution in [0.4, 0.5) is 16.2 Å². The Labute approximate surface area is 215 Å². The minimum atomic E-state index is -0.762. The molecule has 3 aromatic rings. The van der Waals surface area contributed by atoms with Crippen LogP contribution in [0.2, 0.25) is 0 Å². The highest BCUT2D eigenvalue weighted by atomic mass is 16.6. The smallest absolute Gasteiger partial charge is 0.319 e. The van der Waals surface area contributed by atoms with Crippen LogP contribution in [0.1, 0.15) is 26.7 Å². The summed E-state index contributed by atoms with van der Waals surface area (Å²) in [5.74, 6) is 1.28. The predicted octanol–water partition coefficient (Wildman–Crippen LogP) is 4.35. The van der Waals surface area contributed by atoms with Gasteiger partial charge in [-0.2, -0.15) is 0 Å². The molecule has 0 spiro atoms. The molecule has 0 atom stereocenters. The highest BCUT2D eigenvalue weighted by molar-refractivity contribution is 5.93. The van der Waals surface area contributed by atoms with Crippen LogP contribution in [0.3, 0.4) is 0 Å². The van der Waals surface area contributed by atoms with Crippen LogP contribution < -0.4 is 24.8 Å². The van der Waals surface area contributed by atoms with Gasteiger partial charge < -0.3 is 24.8 Å². The zero-order valence-corrected chi connectivity index (χ0v) is 21.5. The maximum absolute atomic E-state index is 12.2. The first-order valence-electron chi connectivity index (χ1n) is 11.9.